The van der Waals surface area contributed by atoms with Crippen molar-refractivity contribution in [2.45, 2.75) is 6.92 Å². The van der Waals surface area contributed by atoms with Crippen LogP contribution in [0.25, 0.3) is 6.08 Å². The maximum atomic E-state index is 13.1. The van der Waals surface area contributed by atoms with Crippen LogP contribution in [0.1, 0.15) is 12.5 Å². The monoisotopic (exact) mass is 423 g/mol. The van der Waals surface area contributed by atoms with Crippen LogP contribution >= 0.6 is 11.8 Å². The Morgan fingerprint density at radius 1 is 1.07 bits per heavy atom. The molecule has 6 nitrogen and oxygen atoms in total. The van der Waals surface area contributed by atoms with Crippen LogP contribution < -0.4 is 14.5 Å². The zero-order valence-corrected chi connectivity index (χ0v) is 18.0. The molecule has 1 amide bonds. The van der Waals surface area contributed by atoms with E-state index in [-0.39, 0.29) is 5.91 Å². The number of amidine groups is 1. The first-order valence-corrected chi connectivity index (χ1v) is 11.3. The van der Waals surface area contributed by atoms with Crippen LogP contribution in [0.2, 0.25) is 0 Å². The highest BCUT2D eigenvalue weighted by atomic mass is 32.2. The molecule has 0 spiro atoms. The van der Waals surface area contributed by atoms with E-state index in [2.05, 4.69) is 22.0 Å². The number of rotatable bonds is 5. The Hall–Kier alpha value is -2.77. The summed E-state index contributed by atoms with van der Waals surface area (Å²) in [7, 11) is 0. The van der Waals surface area contributed by atoms with Crippen molar-refractivity contribution >= 4 is 40.3 Å². The van der Waals surface area contributed by atoms with Crippen molar-refractivity contribution in [3.63, 3.8) is 0 Å². The van der Waals surface area contributed by atoms with E-state index in [1.54, 1.807) is 4.90 Å². The lowest BCUT2D eigenvalue weighted by Gasteiger charge is -2.28. The van der Waals surface area contributed by atoms with Gasteiger partial charge >= 0.3 is 0 Å². The van der Waals surface area contributed by atoms with Crippen LogP contribution in [0.4, 0.5) is 11.4 Å². The van der Waals surface area contributed by atoms with Crippen molar-refractivity contribution in [2.24, 2.45) is 4.99 Å². The van der Waals surface area contributed by atoms with Gasteiger partial charge in [0.2, 0.25) is 0 Å². The Morgan fingerprint density at radius 2 is 1.73 bits per heavy atom. The van der Waals surface area contributed by atoms with Crippen LogP contribution in [0.3, 0.4) is 0 Å². The van der Waals surface area contributed by atoms with Gasteiger partial charge in [0, 0.05) is 18.8 Å². The molecule has 156 valence electrons. The highest BCUT2D eigenvalue weighted by Gasteiger charge is 2.31. The van der Waals surface area contributed by atoms with Gasteiger partial charge in [-0.25, -0.2) is 4.99 Å². The van der Waals surface area contributed by atoms with Crippen LogP contribution in [-0.2, 0) is 9.53 Å². The van der Waals surface area contributed by atoms with Crippen molar-refractivity contribution < 1.29 is 14.3 Å². The van der Waals surface area contributed by atoms with E-state index in [1.165, 1.54) is 17.4 Å². The Kier molecular flexibility index (Phi) is 6.40. The Bertz CT molecular complexity index is 949. The number of carbonyl (C=O) groups excluding carboxylic acids is 1. The lowest BCUT2D eigenvalue weighted by atomic mass is 10.1. The van der Waals surface area contributed by atoms with E-state index in [4.69, 9.17) is 9.47 Å². The molecule has 0 N–H and O–H groups in total. The summed E-state index contributed by atoms with van der Waals surface area (Å²) < 4.78 is 10.9. The number of aliphatic imine (C=N–C) groups is 1. The molecule has 0 atom stereocenters. The standard InChI is InChI=1S/C23H25N3O3S/c1-3-29-20-10-8-19(9-11-20)26-22(27)21(24-23(26)30-2)16-17-4-6-18(7-5-17)25-12-14-28-15-13-25/h4-11,16H,3,12-15H2,1-2H3. The third kappa shape index (κ3) is 4.37. The second-order valence-electron chi connectivity index (χ2n) is 6.89. The number of hydrogen-bond donors (Lipinski definition) is 0. The van der Waals surface area contributed by atoms with Gasteiger partial charge in [-0.1, -0.05) is 23.9 Å². The van der Waals surface area contributed by atoms with Gasteiger partial charge in [0.15, 0.2) is 5.17 Å². The van der Waals surface area contributed by atoms with Gasteiger partial charge in [-0.05, 0) is 61.2 Å². The van der Waals surface area contributed by atoms with Crippen LogP contribution in [-0.4, -0.2) is 50.2 Å². The molecule has 7 heteroatoms. The highest BCUT2D eigenvalue weighted by molar-refractivity contribution is 8.13. The summed E-state index contributed by atoms with van der Waals surface area (Å²) >= 11 is 1.45. The molecule has 4 rings (SSSR count). The van der Waals surface area contributed by atoms with Gasteiger partial charge < -0.3 is 14.4 Å². The third-order valence-corrected chi connectivity index (χ3v) is 5.63. The maximum Gasteiger partial charge on any atom is 0.283 e. The molecule has 0 bridgehead atoms. The lowest BCUT2D eigenvalue weighted by molar-refractivity contribution is -0.113. The zero-order valence-electron chi connectivity index (χ0n) is 17.2. The Labute approximate surface area is 181 Å². The summed E-state index contributed by atoms with van der Waals surface area (Å²) in [6.07, 6.45) is 3.77. The second kappa shape index (κ2) is 9.36. The highest BCUT2D eigenvalue weighted by Crippen LogP contribution is 2.30. The van der Waals surface area contributed by atoms with E-state index in [0.717, 1.165) is 43.3 Å². The molecule has 0 saturated carbocycles. The molecule has 0 aliphatic carbocycles. The van der Waals surface area contributed by atoms with Crippen molar-refractivity contribution in [3.8, 4) is 5.75 Å². The number of anilines is 2. The topological polar surface area (TPSA) is 54.4 Å². The third-order valence-electron chi connectivity index (χ3n) is 4.99. The number of ether oxygens (including phenoxy) is 2. The van der Waals surface area contributed by atoms with Crippen LogP contribution in [0, 0.1) is 0 Å². The summed E-state index contributed by atoms with van der Waals surface area (Å²) in [6, 6.07) is 15.7. The molecule has 2 aromatic carbocycles. The van der Waals surface area contributed by atoms with E-state index in [1.807, 2.05) is 55.7 Å². The molecule has 1 fully saturated rings. The summed E-state index contributed by atoms with van der Waals surface area (Å²) in [5.41, 5.74) is 3.34. The van der Waals surface area contributed by atoms with Gasteiger partial charge in [0.25, 0.3) is 5.91 Å². The van der Waals surface area contributed by atoms with Crippen molar-refractivity contribution in [3.05, 3.63) is 59.8 Å². The molecule has 0 radical (unpaired) electrons. The number of carbonyl (C=O) groups is 1. The Morgan fingerprint density at radius 3 is 2.37 bits per heavy atom. The zero-order chi connectivity index (χ0) is 20.9. The summed E-state index contributed by atoms with van der Waals surface area (Å²) in [5, 5.41) is 0.667. The van der Waals surface area contributed by atoms with E-state index >= 15 is 0 Å². The fourth-order valence-corrected chi connectivity index (χ4v) is 4.04. The molecule has 2 heterocycles. The van der Waals surface area contributed by atoms with Gasteiger partial charge in [0.1, 0.15) is 11.4 Å². The van der Waals surface area contributed by atoms with E-state index in [9.17, 15) is 4.79 Å². The predicted octanol–water partition coefficient (Wildman–Crippen LogP) is 4.03. The molecular formula is C23H25N3O3S. The Balaban J connectivity index is 1.53. The largest absolute Gasteiger partial charge is 0.494 e. The van der Waals surface area contributed by atoms with Crippen molar-refractivity contribution in [1.29, 1.82) is 0 Å². The number of benzene rings is 2. The number of hydrogen-bond acceptors (Lipinski definition) is 6. The predicted molar refractivity (Wildman–Crippen MR) is 123 cm³/mol. The van der Waals surface area contributed by atoms with Gasteiger partial charge in [-0.3, -0.25) is 9.69 Å². The summed E-state index contributed by atoms with van der Waals surface area (Å²) in [5.74, 6) is 0.660. The molecule has 0 unspecified atom stereocenters. The molecule has 0 aromatic heterocycles. The van der Waals surface area contributed by atoms with Gasteiger partial charge in [-0.2, -0.15) is 0 Å². The SMILES string of the molecule is CCOc1ccc(N2C(=O)C(=Cc3ccc(N4CCOCC4)cc3)N=C2SC)cc1. The minimum Gasteiger partial charge on any atom is -0.494 e. The molecular weight excluding hydrogens is 398 g/mol. The first-order chi connectivity index (χ1) is 14.7. The molecule has 2 aliphatic heterocycles. The van der Waals surface area contributed by atoms with Gasteiger partial charge in [0.05, 0.1) is 25.5 Å². The number of morpholine rings is 1. The normalized spacial score (nSPS) is 18.1. The van der Waals surface area contributed by atoms with E-state index in [0.29, 0.717) is 17.5 Å². The number of amides is 1. The fourth-order valence-electron chi connectivity index (χ4n) is 3.48. The molecule has 1 saturated heterocycles. The first-order valence-electron chi connectivity index (χ1n) is 10.0. The smallest absolute Gasteiger partial charge is 0.283 e. The summed E-state index contributed by atoms with van der Waals surface area (Å²) in [6.45, 7) is 5.87. The lowest BCUT2D eigenvalue weighted by Crippen LogP contribution is -2.36. The van der Waals surface area contributed by atoms with Crippen molar-refractivity contribution in [2.75, 3.05) is 49.0 Å². The quantitative estimate of drug-likeness (QED) is 0.680. The van der Waals surface area contributed by atoms with Crippen LogP contribution in [0.15, 0.2) is 59.2 Å². The van der Waals surface area contributed by atoms with Crippen molar-refractivity contribution in [1.82, 2.24) is 0 Å². The molecule has 30 heavy (non-hydrogen) atoms. The summed E-state index contributed by atoms with van der Waals surface area (Å²) in [4.78, 5) is 21.6. The minimum absolute atomic E-state index is 0.124. The minimum atomic E-state index is -0.124. The average Bonchev–Trinajstić information content (AvgIpc) is 3.11. The number of thioether (sulfide) groups is 1. The first kappa shape index (κ1) is 20.5. The second-order valence-corrected chi connectivity index (χ2v) is 7.66. The number of nitrogens with zero attached hydrogens (tertiary/aromatic N) is 3. The van der Waals surface area contributed by atoms with E-state index < -0.39 is 0 Å². The average molecular weight is 424 g/mol. The van der Waals surface area contributed by atoms with Gasteiger partial charge in [-0.15, -0.1) is 0 Å². The fraction of sp³-hybridized carbons (Fsp3) is 0.304. The molecule has 2 aromatic rings. The molecule has 2 aliphatic rings. The van der Waals surface area contributed by atoms with Crippen LogP contribution in [0.5, 0.6) is 5.75 Å². The maximum absolute atomic E-state index is 13.1.